The smallest absolute Gasteiger partial charge is 0.139 e. The largest absolute Gasteiger partial charge is 0.487 e. The highest BCUT2D eigenvalue weighted by Crippen LogP contribution is 2.30. The van der Waals surface area contributed by atoms with Crippen LogP contribution in [-0.4, -0.2) is 5.11 Å². The lowest BCUT2D eigenvalue weighted by Gasteiger charge is -2.12. The van der Waals surface area contributed by atoms with Crippen LogP contribution in [0.4, 0.5) is 4.39 Å². The highest BCUT2D eigenvalue weighted by atomic mass is 79.9. The average Bonchev–Trinajstić information content (AvgIpc) is 2.39. The Bertz CT molecular complexity index is 588. The van der Waals surface area contributed by atoms with Crippen molar-refractivity contribution in [2.45, 2.75) is 13.2 Å². The fraction of sp³-hybridized carbons (Fsp3) is 0.143. The minimum atomic E-state index is -0.327. The Morgan fingerprint density at radius 2 is 1.89 bits per heavy atom. The third-order valence-electron chi connectivity index (χ3n) is 2.61. The van der Waals surface area contributed by atoms with E-state index in [-0.39, 0.29) is 19.0 Å². The first kappa shape index (κ1) is 14.5. The van der Waals surface area contributed by atoms with Crippen LogP contribution in [-0.2, 0) is 13.2 Å². The molecule has 0 saturated carbocycles. The molecule has 0 atom stereocenters. The first-order chi connectivity index (χ1) is 9.11. The van der Waals surface area contributed by atoms with E-state index in [1.54, 1.807) is 18.2 Å². The molecule has 2 nitrogen and oxygen atoms in total. The predicted molar refractivity (Wildman–Crippen MR) is 78.5 cm³/mol. The topological polar surface area (TPSA) is 29.5 Å². The van der Waals surface area contributed by atoms with Crippen LogP contribution in [0.3, 0.4) is 0 Å². The van der Waals surface area contributed by atoms with Gasteiger partial charge in [-0.05, 0) is 34.1 Å². The first-order valence-corrected chi connectivity index (χ1v) is 7.15. The Balaban J connectivity index is 2.19. The predicted octanol–water partition coefficient (Wildman–Crippen LogP) is 4.42. The van der Waals surface area contributed by atoms with Crippen molar-refractivity contribution in [1.29, 1.82) is 0 Å². The zero-order valence-corrected chi connectivity index (χ0v) is 13.0. The molecule has 0 aliphatic heterocycles. The Kier molecular flexibility index (Phi) is 4.96. The van der Waals surface area contributed by atoms with E-state index in [0.717, 1.165) is 4.47 Å². The average molecular weight is 390 g/mol. The van der Waals surface area contributed by atoms with Gasteiger partial charge in [-0.3, -0.25) is 0 Å². The van der Waals surface area contributed by atoms with Gasteiger partial charge < -0.3 is 9.84 Å². The summed E-state index contributed by atoms with van der Waals surface area (Å²) in [6.45, 7) is -0.0215. The zero-order chi connectivity index (χ0) is 13.8. The summed E-state index contributed by atoms with van der Waals surface area (Å²) in [6, 6.07) is 10.2. The molecule has 0 aromatic heterocycles. The van der Waals surface area contributed by atoms with Crippen molar-refractivity contribution in [3.63, 3.8) is 0 Å². The van der Waals surface area contributed by atoms with Gasteiger partial charge in [0.25, 0.3) is 0 Å². The van der Waals surface area contributed by atoms with Crippen molar-refractivity contribution in [3.05, 3.63) is 62.3 Å². The van der Waals surface area contributed by atoms with Crippen molar-refractivity contribution < 1.29 is 14.2 Å². The van der Waals surface area contributed by atoms with E-state index in [0.29, 0.717) is 21.3 Å². The van der Waals surface area contributed by atoms with Crippen LogP contribution in [0.2, 0.25) is 0 Å². The van der Waals surface area contributed by atoms with Gasteiger partial charge in [0.1, 0.15) is 18.2 Å². The van der Waals surface area contributed by atoms with E-state index in [9.17, 15) is 9.50 Å². The Morgan fingerprint density at radius 1 is 1.11 bits per heavy atom. The molecular weight excluding hydrogens is 379 g/mol. The van der Waals surface area contributed by atoms with Crippen LogP contribution < -0.4 is 4.74 Å². The van der Waals surface area contributed by atoms with Crippen LogP contribution in [0, 0.1) is 5.82 Å². The summed E-state index contributed by atoms with van der Waals surface area (Å²) in [6.07, 6.45) is 0. The van der Waals surface area contributed by atoms with E-state index in [1.807, 2.05) is 12.1 Å². The Hall–Kier alpha value is -0.910. The molecule has 0 spiro atoms. The number of benzene rings is 2. The maximum absolute atomic E-state index is 13.7. The number of aliphatic hydroxyl groups is 1. The first-order valence-electron chi connectivity index (χ1n) is 5.57. The van der Waals surface area contributed by atoms with E-state index in [4.69, 9.17) is 4.74 Å². The lowest BCUT2D eigenvalue weighted by atomic mass is 10.2. The summed E-state index contributed by atoms with van der Waals surface area (Å²) in [5, 5.41) is 9.25. The van der Waals surface area contributed by atoms with Crippen LogP contribution in [0.1, 0.15) is 11.1 Å². The van der Waals surface area contributed by atoms with Gasteiger partial charge >= 0.3 is 0 Å². The third-order valence-corrected chi connectivity index (χ3v) is 3.72. The van der Waals surface area contributed by atoms with Crippen molar-refractivity contribution >= 4 is 31.9 Å². The quantitative estimate of drug-likeness (QED) is 0.838. The van der Waals surface area contributed by atoms with Gasteiger partial charge in [-0.25, -0.2) is 4.39 Å². The lowest BCUT2D eigenvalue weighted by Crippen LogP contribution is -2.01. The number of rotatable bonds is 4. The maximum atomic E-state index is 13.7. The summed E-state index contributed by atoms with van der Waals surface area (Å²) < 4.78 is 20.7. The molecule has 0 bridgehead atoms. The zero-order valence-electron chi connectivity index (χ0n) is 9.87. The second kappa shape index (κ2) is 6.50. The summed E-state index contributed by atoms with van der Waals surface area (Å²) in [4.78, 5) is 0. The monoisotopic (exact) mass is 388 g/mol. The van der Waals surface area contributed by atoms with Gasteiger partial charge in [-0.15, -0.1) is 0 Å². The number of ether oxygens (including phenoxy) is 1. The second-order valence-corrected chi connectivity index (χ2v) is 5.68. The molecule has 0 heterocycles. The van der Waals surface area contributed by atoms with Gasteiger partial charge in [0.2, 0.25) is 0 Å². The maximum Gasteiger partial charge on any atom is 0.139 e. The van der Waals surface area contributed by atoms with Crippen LogP contribution in [0.15, 0.2) is 45.3 Å². The molecule has 0 aliphatic carbocycles. The summed E-state index contributed by atoms with van der Waals surface area (Å²) in [5.74, 6) is 0.208. The molecule has 0 radical (unpaired) electrons. The molecule has 0 unspecified atom stereocenters. The molecule has 0 aliphatic rings. The number of para-hydroxylation sites is 1. The molecular formula is C14H11Br2FO2. The molecule has 0 saturated heterocycles. The number of aliphatic hydroxyl groups excluding tert-OH is 1. The normalized spacial score (nSPS) is 10.5. The Morgan fingerprint density at radius 3 is 2.58 bits per heavy atom. The number of halogens is 3. The molecule has 2 aromatic carbocycles. The molecule has 1 N–H and O–H groups in total. The SMILES string of the molecule is OCc1cccc(Br)c1OCc1ccc(Br)cc1F. The van der Waals surface area contributed by atoms with Crippen molar-refractivity contribution in [3.8, 4) is 5.75 Å². The van der Waals surface area contributed by atoms with E-state index >= 15 is 0 Å². The summed E-state index contributed by atoms with van der Waals surface area (Å²) in [7, 11) is 0. The molecule has 0 amide bonds. The van der Waals surface area contributed by atoms with Gasteiger partial charge in [-0.1, -0.05) is 34.1 Å². The fourth-order valence-corrected chi connectivity index (χ4v) is 2.48. The van der Waals surface area contributed by atoms with Gasteiger partial charge in [-0.2, -0.15) is 0 Å². The van der Waals surface area contributed by atoms with Crippen molar-refractivity contribution in [2.75, 3.05) is 0 Å². The highest BCUT2D eigenvalue weighted by Gasteiger charge is 2.09. The molecule has 100 valence electrons. The third kappa shape index (κ3) is 3.55. The summed E-state index contributed by atoms with van der Waals surface area (Å²) in [5.41, 5.74) is 1.12. The van der Waals surface area contributed by atoms with E-state index in [1.165, 1.54) is 6.07 Å². The standard InChI is InChI=1S/C14H11Br2FO2/c15-11-5-4-10(13(17)6-11)8-19-14-9(7-18)2-1-3-12(14)16/h1-6,18H,7-8H2. The van der Waals surface area contributed by atoms with Crippen LogP contribution in [0.5, 0.6) is 5.75 Å². The highest BCUT2D eigenvalue weighted by molar-refractivity contribution is 9.10. The van der Waals surface area contributed by atoms with Gasteiger partial charge in [0.15, 0.2) is 0 Å². The van der Waals surface area contributed by atoms with E-state index < -0.39 is 0 Å². The minimum absolute atomic E-state index is 0.106. The molecule has 5 heteroatoms. The molecule has 19 heavy (non-hydrogen) atoms. The van der Waals surface area contributed by atoms with Crippen molar-refractivity contribution in [2.24, 2.45) is 0 Å². The second-order valence-electron chi connectivity index (χ2n) is 3.91. The molecule has 2 rings (SSSR count). The van der Waals surface area contributed by atoms with Crippen LogP contribution >= 0.6 is 31.9 Å². The van der Waals surface area contributed by atoms with Crippen molar-refractivity contribution in [1.82, 2.24) is 0 Å². The number of hydrogen-bond donors (Lipinski definition) is 1. The summed E-state index contributed by atoms with van der Waals surface area (Å²) >= 11 is 6.56. The lowest BCUT2D eigenvalue weighted by molar-refractivity contribution is 0.256. The molecule has 0 fully saturated rings. The van der Waals surface area contributed by atoms with Crippen LogP contribution in [0.25, 0.3) is 0 Å². The Labute approximate surface area is 127 Å². The molecule has 2 aromatic rings. The fourth-order valence-electron chi connectivity index (χ4n) is 1.63. The van der Waals surface area contributed by atoms with Gasteiger partial charge in [0.05, 0.1) is 11.1 Å². The number of hydrogen-bond acceptors (Lipinski definition) is 2. The van der Waals surface area contributed by atoms with Gasteiger partial charge in [0, 0.05) is 15.6 Å². The van der Waals surface area contributed by atoms with E-state index in [2.05, 4.69) is 31.9 Å². The minimum Gasteiger partial charge on any atom is -0.487 e.